The molecular formula is C3H10O12P4. The lowest BCUT2D eigenvalue weighted by atomic mass is 10.7. The zero-order valence-corrected chi connectivity index (χ0v) is 12.3. The molecule has 0 saturated heterocycles. The molecule has 0 aliphatic heterocycles. The second-order valence-electron chi connectivity index (χ2n) is 3.26. The molecule has 0 aromatic carbocycles. The van der Waals surface area contributed by atoms with Crippen LogP contribution < -0.4 is 0 Å². The predicted molar refractivity (Wildman–Crippen MR) is 60.0 cm³/mol. The molecule has 0 aromatic rings. The molecule has 0 aliphatic rings. The average Bonchev–Trinajstić information content (AvgIpc) is 1.92. The number of hydrogen-bond acceptors (Lipinski definition) is 4. The van der Waals surface area contributed by atoms with E-state index >= 15 is 0 Å². The zero-order chi connectivity index (χ0) is 16.1. The van der Waals surface area contributed by atoms with Gasteiger partial charge in [-0.1, -0.05) is 6.58 Å². The number of hydrogen-bond donors (Lipinski definition) is 8. The van der Waals surface area contributed by atoms with Crippen LogP contribution >= 0.6 is 30.4 Å². The van der Waals surface area contributed by atoms with Gasteiger partial charge in [0, 0.05) is 0 Å². The van der Waals surface area contributed by atoms with Gasteiger partial charge in [0.25, 0.3) is 0 Å². The molecule has 0 radical (unpaired) electrons. The van der Waals surface area contributed by atoms with Gasteiger partial charge in [-0.2, -0.15) is 0 Å². The highest BCUT2D eigenvalue weighted by molar-refractivity contribution is 7.90. The molecule has 0 bridgehead atoms. The summed E-state index contributed by atoms with van der Waals surface area (Å²) in [7, 11) is -25.1. The van der Waals surface area contributed by atoms with Crippen LogP contribution in [0, 0.1) is 0 Å². The summed E-state index contributed by atoms with van der Waals surface area (Å²) in [6.07, 6.45) is 0. The van der Waals surface area contributed by atoms with E-state index in [9.17, 15) is 18.3 Å². The Bertz CT molecular complexity index is 509. The van der Waals surface area contributed by atoms with E-state index in [1.54, 1.807) is 0 Å². The molecule has 0 atom stereocenters. The van der Waals surface area contributed by atoms with Gasteiger partial charge in [0.15, 0.2) is 0 Å². The topological polar surface area (TPSA) is 230 Å². The minimum absolute atomic E-state index is 2.24. The van der Waals surface area contributed by atoms with Crippen molar-refractivity contribution in [3.8, 4) is 0 Å². The van der Waals surface area contributed by atoms with Crippen molar-refractivity contribution >= 4 is 30.4 Å². The maximum atomic E-state index is 11.1. The third-order valence-electron chi connectivity index (χ3n) is 1.96. The van der Waals surface area contributed by atoms with Gasteiger partial charge in [-0.3, -0.25) is 18.3 Å². The molecule has 0 spiro atoms. The van der Waals surface area contributed by atoms with Gasteiger partial charge in [0.2, 0.25) is 0 Å². The molecule has 0 unspecified atom stereocenters. The van der Waals surface area contributed by atoms with E-state index in [-0.39, 0.29) is 0 Å². The largest absolute Gasteiger partial charge is 0.361 e. The summed E-state index contributed by atoms with van der Waals surface area (Å²) in [6.45, 7) is 2.36. The smallest absolute Gasteiger partial charge is 0.323 e. The van der Waals surface area contributed by atoms with Crippen LogP contribution in [0.25, 0.3) is 0 Å². The molecule has 0 aromatic heterocycles. The number of rotatable bonds is 5. The summed E-state index contributed by atoms with van der Waals surface area (Å²) in [5.74, 6) is 0. The van der Waals surface area contributed by atoms with Crippen LogP contribution in [0.3, 0.4) is 0 Å². The van der Waals surface area contributed by atoms with Crippen molar-refractivity contribution in [2.45, 2.75) is 4.64 Å². The molecule has 0 aliphatic carbocycles. The highest BCUT2D eigenvalue weighted by atomic mass is 31.3. The quantitative estimate of drug-likeness (QED) is 0.271. The molecule has 0 heterocycles. The fourth-order valence-corrected chi connectivity index (χ4v) is 9.03. The van der Waals surface area contributed by atoms with Crippen LogP contribution in [0.2, 0.25) is 0 Å². The standard InChI is InChI=1S/C3H10O12P4/c1-2(16(4,5)6)3(17(7,8)9,18(10,11)12)19(13,14)15/h1H2,(H2,4,5,6)(H2,7,8,9)(H2,10,11,12)(H2,13,14,15). The second-order valence-corrected chi connectivity index (χ2v) is 11.2. The van der Waals surface area contributed by atoms with E-state index in [0.717, 1.165) is 0 Å². The normalized spacial score (nSPS) is 15.4. The van der Waals surface area contributed by atoms with Crippen LogP contribution in [0.1, 0.15) is 0 Å². The van der Waals surface area contributed by atoms with Gasteiger partial charge in [-0.05, 0) is 0 Å². The van der Waals surface area contributed by atoms with Gasteiger partial charge >= 0.3 is 35.0 Å². The Balaban J connectivity index is 6.94. The molecule has 8 N–H and O–H groups in total. The van der Waals surface area contributed by atoms with Gasteiger partial charge < -0.3 is 39.1 Å². The zero-order valence-electron chi connectivity index (χ0n) is 8.71. The SMILES string of the molecule is C=C(C(P(=O)(O)O)(P(=O)(O)O)P(=O)(O)O)P(=O)(O)O. The Labute approximate surface area is 105 Å². The van der Waals surface area contributed by atoms with Crippen LogP contribution in [0.4, 0.5) is 0 Å². The monoisotopic (exact) mass is 362 g/mol. The van der Waals surface area contributed by atoms with Crippen LogP contribution in [-0.2, 0) is 18.3 Å². The van der Waals surface area contributed by atoms with E-state index in [1.165, 1.54) is 0 Å². The average molecular weight is 362 g/mol. The summed E-state index contributed by atoms with van der Waals surface area (Å²) in [4.78, 5) is 70.5. The van der Waals surface area contributed by atoms with Crippen LogP contribution in [0.15, 0.2) is 11.9 Å². The first kappa shape index (κ1) is 19.3. The number of allylic oxidation sites excluding steroid dienone is 1. The lowest BCUT2D eigenvalue weighted by Crippen LogP contribution is -2.31. The highest BCUT2D eigenvalue weighted by Crippen LogP contribution is 2.88. The van der Waals surface area contributed by atoms with Gasteiger partial charge in [0.05, 0.1) is 5.31 Å². The Morgan fingerprint density at radius 3 is 0.947 bits per heavy atom. The molecule has 16 heteroatoms. The lowest BCUT2D eigenvalue weighted by molar-refractivity contribution is 0.306. The molecule has 19 heavy (non-hydrogen) atoms. The third kappa shape index (κ3) is 3.16. The summed E-state index contributed by atoms with van der Waals surface area (Å²) in [6, 6.07) is 0. The van der Waals surface area contributed by atoms with Crippen molar-refractivity contribution in [1.29, 1.82) is 0 Å². The van der Waals surface area contributed by atoms with Gasteiger partial charge in [-0.15, -0.1) is 0 Å². The summed E-state index contributed by atoms with van der Waals surface area (Å²) < 4.78 is 39.6. The second kappa shape index (κ2) is 4.96. The molecule has 114 valence electrons. The Kier molecular flexibility index (Phi) is 5.05. The lowest BCUT2D eigenvalue weighted by Gasteiger charge is -2.35. The first-order valence-corrected chi connectivity index (χ1v) is 10.3. The molecule has 0 saturated carbocycles. The Hall–Kier alpha value is 0.340. The molecular weight excluding hydrogens is 352 g/mol. The summed E-state index contributed by atoms with van der Waals surface area (Å²) in [5.41, 5.74) is 0. The van der Waals surface area contributed by atoms with Crippen molar-refractivity contribution in [2.24, 2.45) is 0 Å². The minimum Gasteiger partial charge on any atom is -0.323 e. The van der Waals surface area contributed by atoms with E-state index < -0.39 is 40.3 Å². The van der Waals surface area contributed by atoms with Crippen molar-refractivity contribution in [2.75, 3.05) is 0 Å². The van der Waals surface area contributed by atoms with Crippen LogP contribution in [-0.4, -0.2) is 43.8 Å². The molecule has 0 fully saturated rings. The van der Waals surface area contributed by atoms with E-state index in [2.05, 4.69) is 6.58 Å². The summed E-state index contributed by atoms with van der Waals surface area (Å²) in [5, 5.41) is -2.24. The van der Waals surface area contributed by atoms with Crippen molar-refractivity contribution in [1.82, 2.24) is 0 Å². The van der Waals surface area contributed by atoms with E-state index in [1.807, 2.05) is 0 Å². The van der Waals surface area contributed by atoms with Gasteiger partial charge in [0.1, 0.15) is 0 Å². The Morgan fingerprint density at radius 1 is 0.684 bits per heavy atom. The molecule has 12 nitrogen and oxygen atoms in total. The Morgan fingerprint density at radius 2 is 0.895 bits per heavy atom. The van der Waals surface area contributed by atoms with Crippen LogP contribution in [0.5, 0.6) is 0 Å². The third-order valence-corrected chi connectivity index (χ3v) is 11.5. The van der Waals surface area contributed by atoms with Crippen molar-refractivity contribution < 1.29 is 57.4 Å². The molecule has 0 amide bonds. The van der Waals surface area contributed by atoms with Crippen molar-refractivity contribution in [3.05, 3.63) is 11.9 Å². The van der Waals surface area contributed by atoms with E-state index in [0.29, 0.717) is 0 Å². The first-order chi connectivity index (χ1) is 7.90. The minimum atomic E-state index is -6.42. The first-order valence-electron chi connectivity index (χ1n) is 3.83. The maximum Gasteiger partial charge on any atom is 0.361 e. The van der Waals surface area contributed by atoms with E-state index in [4.69, 9.17) is 39.1 Å². The van der Waals surface area contributed by atoms with Gasteiger partial charge in [-0.25, -0.2) is 0 Å². The maximum absolute atomic E-state index is 11.1. The predicted octanol–water partition coefficient (Wildman–Crippen LogP) is -1.14. The highest BCUT2D eigenvalue weighted by Gasteiger charge is 2.76. The fourth-order valence-electron chi connectivity index (χ4n) is 1.21. The fraction of sp³-hybridized carbons (Fsp3) is 0.333. The molecule has 0 rings (SSSR count). The van der Waals surface area contributed by atoms with Crippen molar-refractivity contribution in [3.63, 3.8) is 0 Å². The summed E-state index contributed by atoms with van der Waals surface area (Å²) >= 11 is 0.